The predicted octanol–water partition coefficient (Wildman–Crippen LogP) is -0.583. The van der Waals surface area contributed by atoms with Gasteiger partial charge in [0.25, 0.3) is 0 Å². The van der Waals surface area contributed by atoms with Gasteiger partial charge in [-0.1, -0.05) is 0 Å². The Hall–Kier alpha value is -0.650. The van der Waals surface area contributed by atoms with E-state index in [1.54, 1.807) is 0 Å². The number of hydrogen-bond donors (Lipinski definition) is 2. The minimum atomic E-state index is -1.16. The number of methoxy groups -OCH3 is 1. The standard InChI is InChI=1S/C10H17NO4/c1-14-9(13)8(12)10(5-11)4-6-2-3-7(10)15-6/h6-8,12H,2-5,11H2,1H3. The molecule has 0 aliphatic carbocycles. The highest BCUT2D eigenvalue weighted by atomic mass is 16.5. The van der Waals surface area contributed by atoms with E-state index in [9.17, 15) is 9.90 Å². The normalized spacial score (nSPS) is 40.5. The van der Waals surface area contributed by atoms with Gasteiger partial charge in [-0.25, -0.2) is 4.79 Å². The molecule has 3 N–H and O–H groups in total. The summed E-state index contributed by atoms with van der Waals surface area (Å²) in [6.45, 7) is 0.254. The molecule has 0 saturated carbocycles. The SMILES string of the molecule is COC(=O)C(O)C1(CN)CC2CCC1O2. The number of aliphatic hydroxyl groups is 1. The van der Waals surface area contributed by atoms with Gasteiger partial charge >= 0.3 is 5.97 Å². The molecule has 0 aromatic rings. The van der Waals surface area contributed by atoms with Crippen molar-refractivity contribution in [3.8, 4) is 0 Å². The van der Waals surface area contributed by atoms with Gasteiger partial charge in [0.15, 0.2) is 6.10 Å². The number of ether oxygens (including phenoxy) is 2. The summed E-state index contributed by atoms with van der Waals surface area (Å²) < 4.78 is 10.2. The smallest absolute Gasteiger partial charge is 0.335 e. The molecular formula is C10H17NO4. The molecule has 4 atom stereocenters. The topological polar surface area (TPSA) is 81.8 Å². The van der Waals surface area contributed by atoms with Crippen LogP contribution < -0.4 is 5.73 Å². The second kappa shape index (κ2) is 3.73. The number of nitrogens with two attached hydrogens (primary N) is 1. The molecule has 4 unspecified atom stereocenters. The van der Waals surface area contributed by atoms with Crippen LogP contribution >= 0.6 is 0 Å². The molecule has 2 bridgehead atoms. The van der Waals surface area contributed by atoms with Crippen molar-refractivity contribution in [3.63, 3.8) is 0 Å². The number of fused-ring (bicyclic) bond motifs is 2. The van der Waals surface area contributed by atoms with Gasteiger partial charge in [0.1, 0.15) is 0 Å². The van der Waals surface area contributed by atoms with Gasteiger partial charge in [-0.3, -0.25) is 0 Å². The van der Waals surface area contributed by atoms with Crippen LogP contribution in [0, 0.1) is 5.41 Å². The van der Waals surface area contributed by atoms with Crippen molar-refractivity contribution < 1.29 is 19.4 Å². The van der Waals surface area contributed by atoms with Crippen molar-refractivity contribution in [3.05, 3.63) is 0 Å². The van der Waals surface area contributed by atoms with Gasteiger partial charge in [-0.2, -0.15) is 0 Å². The van der Waals surface area contributed by atoms with Gasteiger partial charge < -0.3 is 20.3 Å². The van der Waals surface area contributed by atoms with E-state index < -0.39 is 17.5 Å². The molecular weight excluding hydrogens is 198 g/mol. The molecule has 2 rings (SSSR count). The number of rotatable bonds is 3. The van der Waals surface area contributed by atoms with Crippen LogP contribution in [0.2, 0.25) is 0 Å². The predicted molar refractivity (Wildman–Crippen MR) is 52.0 cm³/mol. The van der Waals surface area contributed by atoms with Crippen molar-refractivity contribution in [1.82, 2.24) is 0 Å². The van der Waals surface area contributed by atoms with Crippen LogP contribution in [0.15, 0.2) is 0 Å². The van der Waals surface area contributed by atoms with Crippen LogP contribution in [-0.4, -0.2) is 43.0 Å². The van der Waals surface area contributed by atoms with Gasteiger partial charge in [0.2, 0.25) is 0 Å². The average molecular weight is 215 g/mol. The average Bonchev–Trinajstić information content (AvgIpc) is 2.86. The molecule has 2 saturated heterocycles. The van der Waals surface area contributed by atoms with Crippen LogP contribution in [0.1, 0.15) is 19.3 Å². The first-order valence-electron chi connectivity index (χ1n) is 5.25. The Morgan fingerprint density at radius 2 is 2.47 bits per heavy atom. The molecule has 0 aromatic heterocycles. The molecule has 5 heteroatoms. The fraction of sp³-hybridized carbons (Fsp3) is 0.900. The van der Waals surface area contributed by atoms with E-state index in [4.69, 9.17) is 10.5 Å². The van der Waals surface area contributed by atoms with E-state index in [2.05, 4.69) is 4.74 Å². The highest BCUT2D eigenvalue weighted by Gasteiger charge is 2.57. The van der Waals surface area contributed by atoms with Crippen LogP contribution in [0.5, 0.6) is 0 Å². The van der Waals surface area contributed by atoms with E-state index in [1.165, 1.54) is 7.11 Å². The third-order valence-electron chi connectivity index (χ3n) is 3.71. The third kappa shape index (κ3) is 1.46. The maximum atomic E-state index is 11.4. The summed E-state index contributed by atoms with van der Waals surface area (Å²) in [5, 5.41) is 9.96. The number of hydrogen-bond acceptors (Lipinski definition) is 5. The van der Waals surface area contributed by atoms with E-state index >= 15 is 0 Å². The van der Waals surface area contributed by atoms with E-state index in [-0.39, 0.29) is 18.8 Å². The Kier molecular flexibility index (Phi) is 2.70. The monoisotopic (exact) mass is 215 g/mol. The fourth-order valence-corrected chi connectivity index (χ4v) is 2.79. The zero-order valence-electron chi connectivity index (χ0n) is 8.81. The molecule has 0 radical (unpaired) electrons. The van der Waals surface area contributed by atoms with Crippen molar-refractivity contribution in [2.75, 3.05) is 13.7 Å². The first-order valence-corrected chi connectivity index (χ1v) is 5.25. The lowest BCUT2D eigenvalue weighted by Gasteiger charge is -2.36. The van der Waals surface area contributed by atoms with Crippen LogP contribution in [0.3, 0.4) is 0 Å². The fourth-order valence-electron chi connectivity index (χ4n) is 2.79. The number of aliphatic hydroxyl groups excluding tert-OH is 1. The van der Waals surface area contributed by atoms with E-state index in [0.29, 0.717) is 6.42 Å². The van der Waals surface area contributed by atoms with Gasteiger partial charge in [0, 0.05) is 12.0 Å². The second-order valence-electron chi connectivity index (χ2n) is 4.39. The number of esters is 1. The highest BCUT2D eigenvalue weighted by molar-refractivity contribution is 5.75. The summed E-state index contributed by atoms with van der Waals surface area (Å²) in [6, 6.07) is 0. The van der Waals surface area contributed by atoms with Crippen LogP contribution in [0.4, 0.5) is 0 Å². The van der Waals surface area contributed by atoms with Crippen LogP contribution in [-0.2, 0) is 14.3 Å². The summed E-state index contributed by atoms with van der Waals surface area (Å²) in [6.07, 6.45) is 1.42. The van der Waals surface area contributed by atoms with Gasteiger partial charge in [-0.05, 0) is 19.3 Å². The lowest BCUT2D eigenvalue weighted by molar-refractivity contribution is -0.160. The Balaban J connectivity index is 2.19. The Morgan fingerprint density at radius 1 is 1.73 bits per heavy atom. The molecule has 0 spiro atoms. The van der Waals surface area contributed by atoms with Gasteiger partial charge in [0.05, 0.1) is 19.3 Å². The maximum absolute atomic E-state index is 11.4. The largest absolute Gasteiger partial charge is 0.467 e. The Labute approximate surface area is 88.5 Å². The molecule has 86 valence electrons. The van der Waals surface area contributed by atoms with Crippen molar-refractivity contribution >= 4 is 5.97 Å². The second-order valence-corrected chi connectivity index (χ2v) is 4.39. The first-order chi connectivity index (χ1) is 7.14. The van der Waals surface area contributed by atoms with Gasteiger partial charge in [-0.15, -0.1) is 0 Å². The minimum Gasteiger partial charge on any atom is -0.467 e. The quantitative estimate of drug-likeness (QED) is 0.615. The molecule has 2 fully saturated rings. The van der Waals surface area contributed by atoms with Crippen molar-refractivity contribution in [2.24, 2.45) is 11.1 Å². The zero-order chi connectivity index (χ0) is 11.1. The summed E-state index contributed by atoms with van der Waals surface area (Å²) in [5.41, 5.74) is 5.07. The molecule has 2 aliphatic rings. The Bertz CT molecular complexity index is 270. The van der Waals surface area contributed by atoms with Crippen molar-refractivity contribution in [1.29, 1.82) is 0 Å². The molecule has 5 nitrogen and oxygen atoms in total. The minimum absolute atomic E-state index is 0.0957. The maximum Gasteiger partial charge on any atom is 0.335 e. The van der Waals surface area contributed by atoms with Crippen molar-refractivity contribution in [2.45, 2.75) is 37.6 Å². The molecule has 0 amide bonds. The zero-order valence-corrected chi connectivity index (χ0v) is 8.81. The lowest BCUT2D eigenvalue weighted by Crippen LogP contribution is -2.52. The summed E-state index contributed by atoms with van der Waals surface area (Å²) >= 11 is 0. The van der Waals surface area contributed by atoms with E-state index in [0.717, 1.165) is 12.8 Å². The molecule has 15 heavy (non-hydrogen) atoms. The van der Waals surface area contributed by atoms with E-state index in [1.807, 2.05) is 0 Å². The number of carbonyl (C=O) groups excluding carboxylic acids is 1. The Morgan fingerprint density at radius 3 is 2.87 bits per heavy atom. The molecule has 2 heterocycles. The number of carbonyl (C=O) groups is 1. The molecule has 2 aliphatic heterocycles. The summed E-state index contributed by atoms with van der Waals surface area (Å²) in [4.78, 5) is 11.4. The lowest BCUT2D eigenvalue weighted by atomic mass is 9.70. The first kappa shape index (κ1) is 10.9. The highest BCUT2D eigenvalue weighted by Crippen LogP contribution is 2.49. The summed E-state index contributed by atoms with van der Waals surface area (Å²) in [7, 11) is 1.27. The molecule has 0 aromatic carbocycles. The summed E-state index contributed by atoms with van der Waals surface area (Å²) in [5.74, 6) is -0.614. The third-order valence-corrected chi connectivity index (χ3v) is 3.71. The van der Waals surface area contributed by atoms with Crippen LogP contribution in [0.25, 0.3) is 0 Å².